The molecule has 2 atom stereocenters. The van der Waals surface area contributed by atoms with Crippen molar-refractivity contribution in [2.75, 3.05) is 0 Å². The number of hydrogen-bond donors (Lipinski definition) is 1. The summed E-state index contributed by atoms with van der Waals surface area (Å²) in [5.41, 5.74) is 0.712. The first-order valence-corrected chi connectivity index (χ1v) is 4.56. The van der Waals surface area contributed by atoms with Gasteiger partial charge in [0.05, 0.1) is 11.5 Å². The van der Waals surface area contributed by atoms with Gasteiger partial charge in [0.1, 0.15) is 11.9 Å². The van der Waals surface area contributed by atoms with Crippen LogP contribution in [0.4, 0.5) is 4.39 Å². The quantitative estimate of drug-likeness (QED) is 0.801. The molecule has 0 bridgehead atoms. The van der Waals surface area contributed by atoms with Gasteiger partial charge in [-0.1, -0.05) is 6.07 Å². The minimum absolute atomic E-state index is 0.0245. The van der Waals surface area contributed by atoms with Gasteiger partial charge < -0.3 is 5.11 Å². The lowest BCUT2D eigenvalue weighted by Crippen LogP contribution is -1.99. The van der Waals surface area contributed by atoms with Crippen molar-refractivity contribution in [1.29, 1.82) is 5.26 Å². The Kier molecular flexibility index (Phi) is 2.16. The average Bonchev–Trinajstić information content (AvgIpc) is 2.98. The highest BCUT2D eigenvalue weighted by Crippen LogP contribution is 2.47. The summed E-state index contributed by atoms with van der Waals surface area (Å²) in [6, 6.07) is 5.93. The third kappa shape index (κ3) is 1.68. The molecule has 3 nitrogen and oxygen atoms in total. The third-order valence-electron chi connectivity index (χ3n) is 2.65. The zero-order valence-corrected chi connectivity index (χ0v) is 7.77. The molecule has 2 rings (SSSR count). The second-order valence-corrected chi connectivity index (χ2v) is 3.64. The van der Waals surface area contributed by atoms with E-state index in [1.165, 1.54) is 12.1 Å². The summed E-state index contributed by atoms with van der Waals surface area (Å²) in [7, 11) is 0. The van der Waals surface area contributed by atoms with Gasteiger partial charge in [0.2, 0.25) is 0 Å². The van der Waals surface area contributed by atoms with Crippen LogP contribution in [0.3, 0.4) is 0 Å². The fraction of sp³-hybridized carbons (Fsp3) is 0.273. The van der Waals surface area contributed by atoms with Crippen LogP contribution in [0.1, 0.15) is 23.5 Å². The van der Waals surface area contributed by atoms with Crippen LogP contribution in [0.15, 0.2) is 18.2 Å². The van der Waals surface area contributed by atoms with E-state index in [0.717, 1.165) is 5.56 Å². The van der Waals surface area contributed by atoms with Crippen molar-refractivity contribution >= 4 is 5.97 Å². The molecule has 15 heavy (non-hydrogen) atoms. The average molecular weight is 205 g/mol. The lowest BCUT2D eigenvalue weighted by Gasteiger charge is -1.99. The molecule has 0 saturated heterocycles. The number of carboxylic acids is 1. The van der Waals surface area contributed by atoms with Gasteiger partial charge in [-0.15, -0.1) is 0 Å². The van der Waals surface area contributed by atoms with Crippen LogP contribution in [0.5, 0.6) is 0 Å². The van der Waals surface area contributed by atoms with Crippen LogP contribution in [0.2, 0.25) is 0 Å². The number of carboxylic acid groups (broad SMARTS) is 1. The Labute approximate surface area is 85.8 Å². The first-order valence-electron chi connectivity index (χ1n) is 4.56. The lowest BCUT2D eigenvalue weighted by atomic mass is 10.1. The Hall–Kier alpha value is -1.89. The maximum Gasteiger partial charge on any atom is 0.307 e. The molecule has 1 aromatic rings. The molecule has 0 aromatic heterocycles. The first kappa shape index (κ1) is 9.66. The van der Waals surface area contributed by atoms with Crippen molar-refractivity contribution < 1.29 is 14.3 Å². The second kappa shape index (κ2) is 3.35. The highest BCUT2D eigenvalue weighted by molar-refractivity contribution is 5.75. The minimum atomic E-state index is -0.831. The Morgan fingerprint density at radius 1 is 1.60 bits per heavy atom. The summed E-state index contributed by atoms with van der Waals surface area (Å²) in [4.78, 5) is 10.6. The van der Waals surface area contributed by atoms with Gasteiger partial charge in [-0.25, -0.2) is 4.39 Å². The van der Waals surface area contributed by atoms with Gasteiger partial charge in [-0.05, 0) is 30.0 Å². The fourth-order valence-electron chi connectivity index (χ4n) is 1.70. The van der Waals surface area contributed by atoms with Gasteiger partial charge in [0.25, 0.3) is 0 Å². The summed E-state index contributed by atoms with van der Waals surface area (Å²) in [5, 5.41) is 17.3. The summed E-state index contributed by atoms with van der Waals surface area (Å²) >= 11 is 0. The monoisotopic (exact) mass is 205 g/mol. The predicted molar refractivity (Wildman–Crippen MR) is 49.6 cm³/mol. The molecule has 1 N–H and O–H groups in total. The zero-order chi connectivity index (χ0) is 11.0. The van der Waals surface area contributed by atoms with Crippen LogP contribution in [-0.2, 0) is 4.79 Å². The molecule has 0 amide bonds. The van der Waals surface area contributed by atoms with Gasteiger partial charge in [-0.3, -0.25) is 4.79 Å². The minimum Gasteiger partial charge on any atom is -0.481 e. The smallest absolute Gasteiger partial charge is 0.307 e. The summed E-state index contributed by atoms with van der Waals surface area (Å²) < 4.78 is 13.0. The Morgan fingerprint density at radius 3 is 2.87 bits per heavy atom. The van der Waals surface area contributed by atoms with Crippen molar-refractivity contribution in [1.82, 2.24) is 0 Å². The molecule has 1 aliphatic carbocycles. The highest BCUT2D eigenvalue weighted by atomic mass is 19.1. The number of rotatable bonds is 2. The molecule has 0 heterocycles. The van der Waals surface area contributed by atoms with E-state index >= 15 is 0 Å². The highest BCUT2D eigenvalue weighted by Gasteiger charge is 2.44. The van der Waals surface area contributed by atoms with Crippen molar-refractivity contribution in [2.45, 2.75) is 12.3 Å². The van der Waals surface area contributed by atoms with E-state index in [-0.39, 0.29) is 17.4 Å². The molecular weight excluding hydrogens is 197 g/mol. The fourth-order valence-corrected chi connectivity index (χ4v) is 1.70. The molecule has 76 valence electrons. The van der Waals surface area contributed by atoms with Gasteiger partial charge >= 0.3 is 5.97 Å². The molecule has 1 aromatic carbocycles. The van der Waals surface area contributed by atoms with Crippen LogP contribution < -0.4 is 0 Å². The number of nitriles is 1. The Bertz CT molecular complexity index is 464. The van der Waals surface area contributed by atoms with Gasteiger partial charge in [-0.2, -0.15) is 5.26 Å². The molecule has 1 aliphatic rings. The number of nitrogens with zero attached hydrogens (tertiary/aromatic N) is 1. The van der Waals surface area contributed by atoms with Crippen molar-refractivity contribution in [3.8, 4) is 6.07 Å². The second-order valence-electron chi connectivity index (χ2n) is 3.64. The van der Waals surface area contributed by atoms with E-state index in [1.54, 1.807) is 12.1 Å². The summed E-state index contributed by atoms with van der Waals surface area (Å²) in [6.45, 7) is 0. The van der Waals surface area contributed by atoms with Gasteiger partial charge in [0.15, 0.2) is 0 Å². The standard InChI is InChI=1S/C11H8FNO2/c12-10-2-1-6(3-7(10)5-13)8-4-9(8)11(14)15/h1-3,8-9H,4H2,(H,14,15). The lowest BCUT2D eigenvalue weighted by molar-refractivity contribution is -0.138. The molecule has 0 spiro atoms. The first-order chi connectivity index (χ1) is 7.13. The molecule has 4 heteroatoms. The third-order valence-corrected chi connectivity index (χ3v) is 2.65. The number of aliphatic carboxylic acids is 1. The van der Waals surface area contributed by atoms with E-state index in [1.807, 2.05) is 0 Å². The number of hydrogen-bond acceptors (Lipinski definition) is 2. The summed E-state index contributed by atoms with van der Waals surface area (Å²) in [6.07, 6.45) is 0.575. The van der Waals surface area contributed by atoms with Crippen molar-refractivity contribution in [3.05, 3.63) is 35.1 Å². The summed E-state index contributed by atoms with van der Waals surface area (Å²) in [5.74, 6) is -1.83. The van der Waals surface area contributed by atoms with E-state index in [0.29, 0.717) is 6.42 Å². The predicted octanol–water partition coefficient (Wildman–Crippen LogP) is 1.89. The van der Waals surface area contributed by atoms with Crippen LogP contribution >= 0.6 is 0 Å². The van der Waals surface area contributed by atoms with Crippen molar-refractivity contribution in [3.63, 3.8) is 0 Å². The van der Waals surface area contributed by atoms with Crippen molar-refractivity contribution in [2.24, 2.45) is 5.92 Å². The van der Waals surface area contributed by atoms with Gasteiger partial charge in [0, 0.05) is 0 Å². The molecule has 2 unspecified atom stereocenters. The number of halogens is 1. The molecule has 0 radical (unpaired) electrons. The maximum atomic E-state index is 13.0. The number of benzene rings is 1. The van der Waals surface area contributed by atoms with E-state index in [9.17, 15) is 9.18 Å². The Balaban J connectivity index is 2.26. The Morgan fingerprint density at radius 2 is 2.33 bits per heavy atom. The molecule has 1 saturated carbocycles. The van der Waals surface area contributed by atoms with Crippen LogP contribution in [0, 0.1) is 23.1 Å². The molecular formula is C11H8FNO2. The van der Waals surface area contributed by atoms with E-state index < -0.39 is 11.8 Å². The number of carbonyl (C=O) groups is 1. The van der Waals surface area contributed by atoms with E-state index in [2.05, 4.69) is 0 Å². The molecule has 1 fully saturated rings. The topological polar surface area (TPSA) is 61.1 Å². The normalized spacial score (nSPS) is 23.2. The van der Waals surface area contributed by atoms with Crippen LogP contribution in [-0.4, -0.2) is 11.1 Å². The largest absolute Gasteiger partial charge is 0.481 e. The SMILES string of the molecule is N#Cc1cc(C2CC2C(=O)O)ccc1F. The zero-order valence-electron chi connectivity index (χ0n) is 7.77. The molecule has 0 aliphatic heterocycles. The maximum absolute atomic E-state index is 13.0. The van der Waals surface area contributed by atoms with E-state index in [4.69, 9.17) is 10.4 Å². The van der Waals surface area contributed by atoms with Crippen LogP contribution in [0.25, 0.3) is 0 Å².